The van der Waals surface area contributed by atoms with Crippen LogP contribution in [0.3, 0.4) is 0 Å². The Labute approximate surface area is 120 Å². The Morgan fingerprint density at radius 1 is 1.00 bits per heavy atom. The van der Waals surface area contributed by atoms with Gasteiger partial charge < -0.3 is 4.74 Å². The van der Waals surface area contributed by atoms with E-state index in [9.17, 15) is 4.39 Å². The summed E-state index contributed by atoms with van der Waals surface area (Å²) in [7, 11) is -1.89. The third-order valence-corrected chi connectivity index (χ3v) is 7.85. The average molecular weight is 349 g/mol. The second-order valence-electron chi connectivity index (χ2n) is 6.62. The number of ether oxygens (including phenoxy) is 1. The summed E-state index contributed by atoms with van der Waals surface area (Å²) < 4.78 is 21.2. The van der Waals surface area contributed by atoms with E-state index in [0.29, 0.717) is 5.75 Å². The minimum absolute atomic E-state index is 0.0421. The van der Waals surface area contributed by atoms with Gasteiger partial charge in [-0.1, -0.05) is 55.2 Å². The van der Waals surface area contributed by atoms with Crippen molar-refractivity contribution in [3.05, 3.63) is 16.4 Å². The van der Waals surface area contributed by atoms with Gasteiger partial charge in [0.1, 0.15) is 11.6 Å². The van der Waals surface area contributed by atoms with Crippen molar-refractivity contribution in [2.24, 2.45) is 0 Å². The van der Waals surface area contributed by atoms with Gasteiger partial charge in [-0.25, -0.2) is 4.39 Å². The summed E-state index contributed by atoms with van der Waals surface area (Å²) in [6.07, 6.45) is 0. The van der Waals surface area contributed by atoms with Crippen LogP contribution in [0.5, 0.6) is 5.75 Å². The molecular formula is C13H22BrFOSi2. The molecule has 0 radical (unpaired) electrons. The minimum Gasteiger partial charge on any atom is -0.497 e. The summed E-state index contributed by atoms with van der Waals surface area (Å²) in [5.41, 5.74) is 0. The van der Waals surface area contributed by atoms with Crippen LogP contribution >= 0.6 is 15.9 Å². The number of benzene rings is 1. The highest BCUT2D eigenvalue weighted by molar-refractivity contribution is 9.10. The van der Waals surface area contributed by atoms with E-state index in [0.717, 1.165) is 14.8 Å². The van der Waals surface area contributed by atoms with Gasteiger partial charge in [-0.15, -0.1) is 0 Å². The molecule has 0 saturated heterocycles. The van der Waals surface area contributed by atoms with Gasteiger partial charge in [0, 0.05) is 9.66 Å². The van der Waals surface area contributed by atoms with Gasteiger partial charge in [-0.2, -0.15) is 0 Å². The maximum Gasteiger partial charge on any atom is 0.126 e. The van der Waals surface area contributed by atoms with E-state index in [1.807, 2.05) is 6.07 Å². The average Bonchev–Trinajstić information content (AvgIpc) is 2.11. The van der Waals surface area contributed by atoms with Crippen molar-refractivity contribution in [1.82, 2.24) is 0 Å². The molecule has 1 aromatic carbocycles. The lowest BCUT2D eigenvalue weighted by atomic mass is 10.3. The summed E-state index contributed by atoms with van der Waals surface area (Å²) in [4.78, 5) is 0. The van der Waals surface area contributed by atoms with Crippen LogP contribution < -0.4 is 15.1 Å². The van der Waals surface area contributed by atoms with Crippen LogP contribution in [0.25, 0.3) is 0 Å². The van der Waals surface area contributed by atoms with E-state index in [1.54, 1.807) is 7.11 Å². The molecule has 0 aliphatic rings. The van der Waals surface area contributed by atoms with Crippen LogP contribution in [0.1, 0.15) is 0 Å². The van der Waals surface area contributed by atoms with Crippen molar-refractivity contribution in [2.45, 2.75) is 39.3 Å². The molecule has 0 fully saturated rings. The van der Waals surface area contributed by atoms with Crippen molar-refractivity contribution in [3.8, 4) is 5.75 Å². The molecule has 18 heavy (non-hydrogen) atoms. The fourth-order valence-corrected chi connectivity index (χ4v) is 7.70. The first-order valence-corrected chi connectivity index (χ1v) is 13.9. The standard InChI is InChI=1S/C13H22BrFOSi2/c1-16-10-8-9(14)12(17(2,3)4)11(15)13(10)18(5,6)7/h8H,1-7H3. The van der Waals surface area contributed by atoms with Crippen molar-refractivity contribution in [2.75, 3.05) is 7.11 Å². The first-order chi connectivity index (χ1) is 8.00. The van der Waals surface area contributed by atoms with Crippen LogP contribution in [0, 0.1) is 5.82 Å². The molecule has 0 heterocycles. The normalized spacial score (nSPS) is 12.7. The Bertz CT molecular complexity index is 462. The Morgan fingerprint density at radius 3 is 1.78 bits per heavy atom. The highest BCUT2D eigenvalue weighted by atomic mass is 79.9. The van der Waals surface area contributed by atoms with E-state index >= 15 is 0 Å². The predicted molar refractivity (Wildman–Crippen MR) is 86.6 cm³/mol. The summed E-state index contributed by atoms with van der Waals surface area (Å²) in [5.74, 6) is 0.639. The van der Waals surface area contributed by atoms with E-state index in [1.165, 1.54) is 0 Å². The van der Waals surface area contributed by atoms with Crippen LogP contribution in [0.4, 0.5) is 4.39 Å². The molecular weight excluding hydrogens is 327 g/mol. The van der Waals surface area contributed by atoms with Gasteiger partial charge in [-0.3, -0.25) is 0 Å². The Hall–Kier alpha value is -0.136. The molecule has 0 aromatic heterocycles. The van der Waals surface area contributed by atoms with Crippen molar-refractivity contribution in [1.29, 1.82) is 0 Å². The van der Waals surface area contributed by atoms with Crippen LogP contribution in [0.2, 0.25) is 39.3 Å². The highest BCUT2D eigenvalue weighted by Crippen LogP contribution is 2.24. The SMILES string of the molecule is COc1cc(Br)c([Si](C)(C)C)c(F)c1[Si](C)(C)C. The number of hydrogen-bond donors (Lipinski definition) is 0. The maximum atomic E-state index is 14.9. The molecule has 1 aromatic rings. The third-order valence-electron chi connectivity index (χ3n) is 2.90. The topological polar surface area (TPSA) is 9.23 Å². The molecule has 102 valence electrons. The highest BCUT2D eigenvalue weighted by Gasteiger charge is 2.33. The van der Waals surface area contributed by atoms with Crippen molar-refractivity contribution < 1.29 is 9.13 Å². The van der Waals surface area contributed by atoms with Crippen molar-refractivity contribution >= 4 is 42.5 Å². The zero-order chi connectivity index (χ0) is 14.3. The molecule has 0 spiro atoms. The molecule has 1 rings (SSSR count). The number of hydrogen-bond acceptors (Lipinski definition) is 1. The van der Waals surface area contributed by atoms with Crippen LogP contribution in [-0.4, -0.2) is 23.3 Å². The Balaban J connectivity index is 3.71. The lowest BCUT2D eigenvalue weighted by molar-refractivity contribution is 0.415. The molecule has 1 nitrogen and oxygen atoms in total. The van der Waals surface area contributed by atoms with Crippen LogP contribution in [-0.2, 0) is 0 Å². The summed E-state index contributed by atoms with van der Waals surface area (Å²) >= 11 is 3.51. The first-order valence-electron chi connectivity index (χ1n) is 6.07. The largest absolute Gasteiger partial charge is 0.497 e. The second-order valence-corrected chi connectivity index (χ2v) is 17.5. The number of rotatable bonds is 3. The summed E-state index contributed by atoms with van der Waals surface area (Å²) in [5, 5.41) is 1.69. The molecule has 0 unspecified atom stereocenters. The zero-order valence-corrected chi connectivity index (χ0v) is 15.8. The molecule has 0 aliphatic carbocycles. The fourth-order valence-electron chi connectivity index (χ4n) is 2.14. The lowest BCUT2D eigenvalue weighted by Crippen LogP contribution is -2.50. The fraction of sp³-hybridized carbons (Fsp3) is 0.538. The van der Waals surface area contributed by atoms with Gasteiger partial charge >= 0.3 is 0 Å². The summed E-state index contributed by atoms with van der Waals surface area (Å²) in [6, 6.07) is 1.93. The molecule has 5 heteroatoms. The molecule has 0 N–H and O–H groups in total. The molecule has 0 saturated carbocycles. The molecule has 0 aliphatic heterocycles. The predicted octanol–water partition coefficient (Wildman–Crippen LogP) is 3.69. The Kier molecular flexibility index (Phi) is 4.51. The lowest BCUT2D eigenvalue weighted by Gasteiger charge is -2.27. The smallest absolute Gasteiger partial charge is 0.126 e. The van der Waals surface area contributed by atoms with Gasteiger partial charge in [0.2, 0.25) is 0 Å². The van der Waals surface area contributed by atoms with E-state index < -0.39 is 16.1 Å². The van der Waals surface area contributed by atoms with Gasteiger partial charge in [0.15, 0.2) is 0 Å². The van der Waals surface area contributed by atoms with Crippen molar-refractivity contribution in [3.63, 3.8) is 0 Å². The molecule has 0 amide bonds. The summed E-state index contributed by atoms with van der Waals surface area (Å²) in [6.45, 7) is 12.9. The first kappa shape index (κ1) is 15.9. The van der Waals surface area contributed by atoms with Gasteiger partial charge in [-0.05, 0) is 11.3 Å². The van der Waals surface area contributed by atoms with Gasteiger partial charge in [0.05, 0.1) is 23.3 Å². The molecule has 0 bridgehead atoms. The quantitative estimate of drug-likeness (QED) is 0.757. The third kappa shape index (κ3) is 3.06. The second kappa shape index (κ2) is 5.09. The number of halogens is 2. The van der Waals surface area contributed by atoms with E-state index in [4.69, 9.17) is 4.74 Å². The Morgan fingerprint density at radius 2 is 1.44 bits per heavy atom. The van der Waals surface area contributed by atoms with Gasteiger partial charge in [0.25, 0.3) is 0 Å². The molecule has 0 atom stereocenters. The minimum atomic E-state index is -1.78. The monoisotopic (exact) mass is 348 g/mol. The maximum absolute atomic E-state index is 14.9. The van der Waals surface area contributed by atoms with E-state index in [-0.39, 0.29) is 5.82 Å². The number of methoxy groups -OCH3 is 1. The van der Waals surface area contributed by atoms with Crippen LogP contribution in [0.15, 0.2) is 10.5 Å². The van der Waals surface area contributed by atoms with E-state index in [2.05, 4.69) is 55.2 Å². The zero-order valence-electron chi connectivity index (χ0n) is 12.2.